The first kappa shape index (κ1) is 74.8. The molecule has 0 aromatic rings. The molecule has 0 aliphatic heterocycles. The van der Waals surface area contributed by atoms with E-state index in [1.807, 2.05) is 12.2 Å². The zero-order valence-corrected chi connectivity index (χ0v) is 51.6. The summed E-state index contributed by atoms with van der Waals surface area (Å²) in [7, 11) is 0. The molecule has 0 saturated heterocycles. The molecule has 0 aliphatic rings. The largest absolute Gasteiger partial charge is 0.462 e. The Kier molecular flexibility index (Phi) is 62.8. The third-order valence-corrected chi connectivity index (χ3v) is 14.0. The molecule has 450 valence electrons. The third kappa shape index (κ3) is 64.5. The smallest absolute Gasteiger partial charge is 0.306 e. The van der Waals surface area contributed by atoms with Gasteiger partial charge in [0.15, 0.2) is 6.10 Å². The van der Waals surface area contributed by atoms with Gasteiger partial charge >= 0.3 is 17.9 Å². The van der Waals surface area contributed by atoms with Gasteiger partial charge in [-0.3, -0.25) is 14.4 Å². The average Bonchev–Trinajstić information content (AvgIpc) is 3.45. The normalized spacial score (nSPS) is 12.9. The van der Waals surface area contributed by atoms with Crippen molar-refractivity contribution in [3.63, 3.8) is 0 Å². The molecular weight excluding hydrogens is 973 g/mol. The van der Waals surface area contributed by atoms with Crippen LogP contribution in [0.15, 0.2) is 122 Å². The summed E-state index contributed by atoms with van der Waals surface area (Å²) in [5.41, 5.74) is 0. The summed E-state index contributed by atoms with van der Waals surface area (Å²) in [4.78, 5) is 38.3. The molecule has 0 fully saturated rings. The second-order valence-corrected chi connectivity index (χ2v) is 21.6. The molecular formula is C73H122O6. The summed E-state index contributed by atoms with van der Waals surface area (Å²) in [6.45, 7) is 6.34. The Morgan fingerprint density at radius 1 is 0.266 bits per heavy atom. The number of hydrogen-bond acceptors (Lipinski definition) is 6. The maximum Gasteiger partial charge on any atom is 0.306 e. The van der Waals surface area contributed by atoms with E-state index in [2.05, 4.69) is 130 Å². The number of carbonyl (C=O) groups is 3. The predicted octanol–water partition coefficient (Wildman–Crippen LogP) is 22.8. The van der Waals surface area contributed by atoms with Crippen LogP contribution < -0.4 is 0 Å². The molecule has 0 spiro atoms. The van der Waals surface area contributed by atoms with E-state index in [4.69, 9.17) is 14.2 Å². The van der Waals surface area contributed by atoms with Crippen LogP contribution in [-0.4, -0.2) is 37.2 Å². The van der Waals surface area contributed by atoms with E-state index in [0.29, 0.717) is 19.3 Å². The maximum absolute atomic E-state index is 12.9. The lowest BCUT2D eigenvalue weighted by atomic mass is 10.0. The van der Waals surface area contributed by atoms with Crippen LogP contribution in [0.25, 0.3) is 0 Å². The van der Waals surface area contributed by atoms with Crippen LogP contribution in [0.2, 0.25) is 0 Å². The molecule has 0 amide bonds. The number of allylic oxidation sites excluding steroid dienone is 20. The van der Waals surface area contributed by atoms with Crippen molar-refractivity contribution in [2.45, 2.75) is 309 Å². The Bertz CT molecular complexity index is 1640. The molecule has 6 nitrogen and oxygen atoms in total. The number of carbonyl (C=O) groups excluding carboxylic acids is 3. The highest BCUT2D eigenvalue weighted by molar-refractivity contribution is 5.71. The first-order valence-corrected chi connectivity index (χ1v) is 33.0. The highest BCUT2D eigenvalue weighted by Gasteiger charge is 2.19. The zero-order valence-electron chi connectivity index (χ0n) is 51.6. The van der Waals surface area contributed by atoms with Gasteiger partial charge < -0.3 is 14.2 Å². The lowest BCUT2D eigenvalue weighted by Gasteiger charge is -2.18. The molecule has 1 unspecified atom stereocenters. The Morgan fingerprint density at radius 2 is 0.519 bits per heavy atom. The van der Waals surface area contributed by atoms with E-state index in [1.165, 1.54) is 154 Å². The first-order chi connectivity index (χ1) is 39.0. The van der Waals surface area contributed by atoms with Crippen molar-refractivity contribution in [3.05, 3.63) is 122 Å². The van der Waals surface area contributed by atoms with Crippen molar-refractivity contribution in [2.75, 3.05) is 13.2 Å². The van der Waals surface area contributed by atoms with Crippen molar-refractivity contribution in [1.29, 1.82) is 0 Å². The minimum atomic E-state index is -0.839. The van der Waals surface area contributed by atoms with Gasteiger partial charge in [-0.1, -0.05) is 309 Å². The number of unbranched alkanes of at least 4 members (excludes halogenated alkanes) is 28. The SMILES string of the molecule is CC/C=C\C/C=C\C/C=C\C/C=C\C/C=C\C/C=C\CCC(=O)OC(COC(=O)CCCC/C=C\C/C=C\C/C=C\C/C=C\CC)COC(=O)CCCCCCCCCCCCCCCCCCCCCCCCCCCCC. The predicted molar refractivity (Wildman–Crippen MR) is 343 cm³/mol. The van der Waals surface area contributed by atoms with Crippen molar-refractivity contribution in [2.24, 2.45) is 0 Å². The Balaban J connectivity index is 4.40. The second-order valence-electron chi connectivity index (χ2n) is 21.6. The van der Waals surface area contributed by atoms with Crippen LogP contribution in [0.1, 0.15) is 303 Å². The number of hydrogen-bond donors (Lipinski definition) is 0. The van der Waals surface area contributed by atoms with Gasteiger partial charge in [0.2, 0.25) is 0 Å². The van der Waals surface area contributed by atoms with Crippen LogP contribution in [-0.2, 0) is 28.6 Å². The molecule has 0 aromatic heterocycles. The van der Waals surface area contributed by atoms with Gasteiger partial charge in [-0.2, -0.15) is 0 Å². The molecule has 0 heterocycles. The summed E-state index contributed by atoms with van der Waals surface area (Å²) in [6, 6.07) is 0. The molecule has 0 aliphatic carbocycles. The standard InChI is InChI=1S/C73H122O6/c1-4-7-10-13-16-19-22-25-28-30-32-33-34-35-36-37-38-39-41-42-45-48-51-54-57-60-63-66-72(75)78-69-70(68-77-71(74)65-62-59-56-53-50-47-44-27-24-21-18-15-12-9-6-3)79-73(76)67-64-61-58-55-52-49-46-43-40-31-29-26-23-20-17-14-11-8-5-2/h8-9,11-12,17-18,20-21,26-27,29,40,43-44,49-50,52-53,58,61,70H,4-7,10,13-16,19,22-25,28,30-39,41-42,45-48,51,54-57,59-60,62-69H2,1-3H3/b11-8-,12-9-,20-17-,21-18-,29-26-,43-40-,44-27-,52-49-,53-50-,61-58-. The fourth-order valence-electron chi connectivity index (χ4n) is 9.11. The number of ether oxygens (including phenoxy) is 3. The number of esters is 3. The molecule has 1 atom stereocenters. The molecule has 0 aromatic carbocycles. The summed E-state index contributed by atoms with van der Waals surface area (Å²) < 4.78 is 16.8. The molecule has 0 N–H and O–H groups in total. The van der Waals surface area contributed by atoms with Crippen molar-refractivity contribution >= 4 is 17.9 Å². The first-order valence-electron chi connectivity index (χ1n) is 33.0. The summed E-state index contributed by atoms with van der Waals surface area (Å²) in [6.07, 6.45) is 92.4. The van der Waals surface area contributed by atoms with Gasteiger partial charge in [-0.25, -0.2) is 0 Å². The lowest BCUT2D eigenvalue weighted by Crippen LogP contribution is -2.30. The minimum absolute atomic E-state index is 0.122. The molecule has 0 saturated carbocycles. The Hall–Kier alpha value is -4.19. The van der Waals surface area contributed by atoms with E-state index in [0.717, 1.165) is 96.3 Å². The van der Waals surface area contributed by atoms with Gasteiger partial charge in [-0.05, 0) is 96.3 Å². The fourth-order valence-corrected chi connectivity index (χ4v) is 9.11. The van der Waals surface area contributed by atoms with Gasteiger partial charge in [-0.15, -0.1) is 0 Å². The second kappa shape index (κ2) is 66.3. The van der Waals surface area contributed by atoms with Gasteiger partial charge in [0, 0.05) is 19.3 Å². The van der Waals surface area contributed by atoms with Crippen LogP contribution in [0.5, 0.6) is 0 Å². The van der Waals surface area contributed by atoms with E-state index in [9.17, 15) is 14.4 Å². The monoisotopic (exact) mass is 1090 g/mol. The lowest BCUT2D eigenvalue weighted by molar-refractivity contribution is -0.166. The highest BCUT2D eigenvalue weighted by Crippen LogP contribution is 2.17. The van der Waals surface area contributed by atoms with Crippen LogP contribution in [0.3, 0.4) is 0 Å². The quantitative estimate of drug-likeness (QED) is 0.0261. The average molecular weight is 1100 g/mol. The minimum Gasteiger partial charge on any atom is -0.462 e. The molecule has 0 radical (unpaired) electrons. The Morgan fingerprint density at radius 3 is 0.823 bits per heavy atom. The van der Waals surface area contributed by atoms with E-state index < -0.39 is 12.1 Å². The number of rotatable bonds is 59. The molecule has 79 heavy (non-hydrogen) atoms. The third-order valence-electron chi connectivity index (χ3n) is 14.0. The molecule has 0 rings (SSSR count). The summed E-state index contributed by atoms with van der Waals surface area (Å²) >= 11 is 0. The zero-order chi connectivity index (χ0) is 57.1. The summed E-state index contributed by atoms with van der Waals surface area (Å²) in [5, 5.41) is 0. The van der Waals surface area contributed by atoms with Gasteiger partial charge in [0.1, 0.15) is 13.2 Å². The van der Waals surface area contributed by atoms with Crippen molar-refractivity contribution < 1.29 is 28.6 Å². The highest BCUT2D eigenvalue weighted by atomic mass is 16.6. The van der Waals surface area contributed by atoms with E-state index >= 15 is 0 Å². The maximum atomic E-state index is 12.9. The summed E-state index contributed by atoms with van der Waals surface area (Å²) in [5.74, 6) is -1.04. The Labute approximate surface area is 488 Å². The molecule has 0 bridgehead atoms. The van der Waals surface area contributed by atoms with Crippen LogP contribution in [0, 0.1) is 0 Å². The van der Waals surface area contributed by atoms with E-state index in [1.54, 1.807) is 0 Å². The van der Waals surface area contributed by atoms with Crippen LogP contribution >= 0.6 is 0 Å². The topological polar surface area (TPSA) is 78.9 Å². The van der Waals surface area contributed by atoms with Crippen molar-refractivity contribution in [3.8, 4) is 0 Å². The van der Waals surface area contributed by atoms with Gasteiger partial charge in [0.05, 0.1) is 0 Å². The van der Waals surface area contributed by atoms with Crippen LogP contribution in [0.4, 0.5) is 0 Å². The van der Waals surface area contributed by atoms with E-state index in [-0.39, 0.29) is 38.0 Å². The van der Waals surface area contributed by atoms with Crippen molar-refractivity contribution in [1.82, 2.24) is 0 Å². The fraction of sp³-hybridized carbons (Fsp3) is 0.685. The van der Waals surface area contributed by atoms with Gasteiger partial charge in [0.25, 0.3) is 0 Å². The molecule has 6 heteroatoms.